The van der Waals surface area contributed by atoms with Gasteiger partial charge in [0, 0.05) is 12.1 Å². The van der Waals surface area contributed by atoms with E-state index >= 15 is 0 Å². The zero-order chi connectivity index (χ0) is 15.2. The van der Waals surface area contributed by atoms with Crippen molar-refractivity contribution in [2.24, 2.45) is 5.73 Å². The number of hydrogen-bond acceptors (Lipinski definition) is 2. The molecule has 1 heterocycles. The van der Waals surface area contributed by atoms with E-state index in [1.54, 1.807) is 0 Å². The van der Waals surface area contributed by atoms with Crippen molar-refractivity contribution in [2.75, 3.05) is 6.54 Å². The van der Waals surface area contributed by atoms with Crippen LogP contribution in [0.3, 0.4) is 0 Å². The van der Waals surface area contributed by atoms with Crippen LogP contribution in [-0.4, -0.2) is 23.5 Å². The molecule has 2 rings (SSSR count). The monoisotopic (exact) mass is 288 g/mol. The molecule has 3 atom stereocenters. The van der Waals surface area contributed by atoms with Crippen LogP contribution in [0.5, 0.6) is 0 Å². The summed E-state index contributed by atoms with van der Waals surface area (Å²) in [4.78, 5) is 2.71. The van der Waals surface area contributed by atoms with Gasteiger partial charge in [-0.25, -0.2) is 0 Å². The quantitative estimate of drug-likeness (QED) is 0.839. The predicted molar refractivity (Wildman–Crippen MR) is 91.4 cm³/mol. The first-order valence-electron chi connectivity index (χ1n) is 8.75. The lowest BCUT2D eigenvalue weighted by atomic mass is 9.89. The van der Waals surface area contributed by atoms with Gasteiger partial charge < -0.3 is 5.73 Å². The van der Waals surface area contributed by atoms with E-state index < -0.39 is 0 Å². The van der Waals surface area contributed by atoms with Crippen molar-refractivity contribution in [3.63, 3.8) is 0 Å². The van der Waals surface area contributed by atoms with Crippen molar-refractivity contribution >= 4 is 0 Å². The maximum Gasteiger partial charge on any atom is 0.0501 e. The van der Waals surface area contributed by atoms with Gasteiger partial charge in [0.1, 0.15) is 0 Å². The highest BCUT2D eigenvalue weighted by atomic mass is 15.2. The number of benzene rings is 1. The molecule has 2 nitrogen and oxygen atoms in total. The van der Waals surface area contributed by atoms with Crippen molar-refractivity contribution in [1.29, 1.82) is 0 Å². The second kappa shape index (κ2) is 7.95. The second-order valence-electron chi connectivity index (χ2n) is 6.60. The number of hydrogen-bond donors (Lipinski definition) is 1. The number of aryl methyl sites for hydroxylation is 1. The van der Waals surface area contributed by atoms with E-state index in [0.29, 0.717) is 12.1 Å². The third kappa shape index (κ3) is 4.08. The second-order valence-corrected chi connectivity index (χ2v) is 6.60. The lowest BCUT2D eigenvalue weighted by Gasteiger charge is -2.44. The molecule has 1 aliphatic rings. The van der Waals surface area contributed by atoms with Crippen molar-refractivity contribution in [3.05, 3.63) is 35.4 Å². The van der Waals surface area contributed by atoms with Crippen molar-refractivity contribution in [1.82, 2.24) is 4.90 Å². The van der Waals surface area contributed by atoms with Crippen LogP contribution in [0, 0.1) is 6.92 Å². The van der Waals surface area contributed by atoms with Gasteiger partial charge in [-0.3, -0.25) is 4.90 Å². The molecule has 118 valence electrons. The molecule has 2 N–H and O–H groups in total. The van der Waals surface area contributed by atoms with Crippen LogP contribution in [0.15, 0.2) is 24.3 Å². The van der Waals surface area contributed by atoms with Crippen LogP contribution in [0.2, 0.25) is 0 Å². The van der Waals surface area contributed by atoms with Gasteiger partial charge in [0.2, 0.25) is 0 Å². The molecule has 1 fully saturated rings. The molecule has 21 heavy (non-hydrogen) atoms. The van der Waals surface area contributed by atoms with Gasteiger partial charge in [-0.05, 0) is 44.7 Å². The lowest BCUT2D eigenvalue weighted by molar-refractivity contribution is 0.0726. The highest BCUT2D eigenvalue weighted by Gasteiger charge is 2.32. The minimum atomic E-state index is 0.227. The van der Waals surface area contributed by atoms with Gasteiger partial charge in [-0.15, -0.1) is 0 Å². The molecule has 0 spiro atoms. The Morgan fingerprint density at radius 2 is 1.90 bits per heavy atom. The average Bonchev–Trinajstić information content (AvgIpc) is 2.51. The first kappa shape index (κ1) is 16.5. The summed E-state index contributed by atoms with van der Waals surface area (Å²) in [6.45, 7) is 7.87. The smallest absolute Gasteiger partial charge is 0.0501 e. The number of likely N-dealkylation sites (tertiary alicyclic amines) is 1. The lowest BCUT2D eigenvalue weighted by Crippen LogP contribution is -2.48. The Hall–Kier alpha value is -0.860. The van der Waals surface area contributed by atoms with Crippen LogP contribution in [0.1, 0.15) is 69.5 Å². The Morgan fingerprint density at radius 1 is 1.19 bits per heavy atom. The summed E-state index contributed by atoms with van der Waals surface area (Å²) < 4.78 is 0. The number of piperidine rings is 1. The summed E-state index contributed by atoms with van der Waals surface area (Å²) in [6.07, 6.45) is 7.64. The fourth-order valence-electron chi connectivity index (χ4n) is 3.70. The molecular weight excluding hydrogens is 256 g/mol. The normalized spacial score (nSPS) is 23.0. The van der Waals surface area contributed by atoms with Gasteiger partial charge in [-0.1, -0.05) is 56.5 Å². The van der Waals surface area contributed by atoms with Crippen molar-refractivity contribution < 1.29 is 0 Å². The summed E-state index contributed by atoms with van der Waals surface area (Å²) in [5.74, 6) is 0. The molecule has 0 radical (unpaired) electrons. The molecule has 0 aromatic heterocycles. The number of rotatable bonds is 6. The molecule has 1 saturated heterocycles. The zero-order valence-electron chi connectivity index (χ0n) is 14.0. The highest BCUT2D eigenvalue weighted by Crippen LogP contribution is 2.33. The van der Waals surface area contributed by atoms with Crippen LogP contribution in [-0.2, 0) is 0 Å². The maximum atomic E-state index is 6.53. The highest BCUT2D eigenvalue weighted by molar-refractivity contribution is 5.25. The van der Waals surface area contributed by atoms with Crippen LogP contribution in [0.25, 0.3) is 0 Å². The summed E-state index contributed by atoms with van der Waals surface area (Å²) in [6, 6.07) is 10.3. The fourth-order valence-corrected chi connectivity index (χ4v) is 3.70. The Morgan fingerprint density at radius 3 is 2.52 bits per heavy atom. The van der Waals surface area contributed by atoms with E-state index in [4.69, 9.17) is 5.73 Å². The molecule has 1 aliphatic heterocycles. The molecule has 0 bridgehead atoms. The molecule has 0 amide bonds. The van der Waals surface area contributed by atoms with Crippen LogP contribution < -0.4 is 5.73 Å². The van der Waals surface area contributed by atoms with Gasteiger partial charge in [-0.2, -0.15) is 0 Å². The molecular formula is C19H32N2. The summed E-state index contributed by atoms with van der Waals surface area (Å²) in [7, 11) is 0. The molecule has 3 unspecified atom stereocenters. The van der Waals surface area contributed by atoms with Gasteiger partial charge in [0.05, 0.1) is 6.04 Å². The van der Waals surface area contributed by atoms with Gasteiger partial charge in [0.25, 0.3) is 0 Å². The average molecular weight is 288 g/mol. The minimum absolute atomic E-state index is 0.227. The fraction of sp³-hybridized carbons (Fsp3) is 0.684. The van der Waals surface area contributed by atoms with E-state index in [1.807, 2.05) is 0 Å². The Balaban J connectivity index is 2.27. The van der Waals surface area contributed by atoms with E-state index in [1.165, 1.54) is 49.8 Å². The molecule has 0 saturated carbocycles. The number of nitrogens with zero attached hydrogens (tertiary/aromatic N) is 1. The molecule has 2 heteroatoms. The molecule has 1 aromatic rings. The van der Waals surface area contributed by atoms with E-state index in [9.17, 15) is 0 Å². The standard InChI is InChI=1S/C19H32N2/c1-4-8-17-9-6-7-14-21(17)19(18(20)5-2)16-12-10-15(3)11-13-16/h10-13,17-19H,4-9,14,20H2,1-3H3. The topological polar surface area (TPSA) is 29.3 Å². The largest absolute Gasteiger partial charge is 0.326 e. The van der Waals surface area contributed by atoms with E-state index in [2.05, 4.69) is 49.9 Å². The Bertz CT molecular complexity index is 410. The first-order chi connectivity index (χ1) is 10.2. The third-order valence-corrected chi connectivity index (χ3v) is 4.95. The first-order valence-corrected chi connectivity index (χ1v) is 8.75. The van der Waals surface area contributed by atoms with Crippen LogP contribution >= 0.6 is 0 Å². The van der Waals surface area contributed by atoms with Crippen molar-refractivity contribution in [3.8, 4) is 0 Å². The Labute approximate surface area is 130 Å². The van der Waals surface area contributed by atoms with E-state index in [0.717, 1.165) is 6.42 Å². The van der Waals surface area contributed by atoms with Gasteiger partial charge in [0.15, 0.2) is 0 Å². The summed E-state index contributed by atoms with van der Waals surface area (Å²) in [5, 5.41) is 0. The summed E-state index contributed by atoms with van der Waals surface area (Å²) >= 11 is 0. The third-order valence-electron chi connectivity index (χ3n) is 4.95. The Kier molecular flexibility index (Phi) is 6.25. The predicted octanol–water partition coefficient (Wildman–Crippen LogP) is 4.43. The maximum absolute atomic E-state index is 6.53. The number of nitrogens with two attached hydrogens (primary N) is 1. The zero-order valence-corrected chi connectivity index (χ0v) is 14.0. The van der Waals surface area contributed by atoms with E-state index in [-0.39, 0.29) is 6.04 Å². The minimum Gasteiger partial charge on any atom is -0.326 e. The van der Waals surface area contributed by atoms with Crippen molar-refractivity contribution in [2.45, 2.75) is 77.4 Å². The molecule has 0 aliphatic carbocycles. The van der Waals surface area contributed by atoms with Crippen LogP contribution in [0.4, 0.5) is 0 Å². The SMILES string of the molecule is CCCC1CCCCN1C(c1ccc(C)cc1)C(N)CC. The van der Waals surface area contributed by atoms with Gasteiger partial charge >= 0.3 is 0 Å². The summed E-state index contributed by atoms with van der Waals surface area (Å²) in [5.41, 5.74) is 9.26. The molecule has 1 aromatic carbocycles.